The van der Waals surface area contributed by atoms with Gasteiger partial charge in [0.25, 0.3) is 0 Å². The first-order chi connectivity index (χ1) is 28.2. The van der Waals surface area contributed by atoms with Gasteiger partial charge in [0.15, 0.2) is 0 Å². The Bertz CT molecular complexity index is 3720. The molecule has 13 rings (SSSR count). The molecular weight excluding hydrogens is 705 g/mol. The zero-order valence-corrected chi connectivity index (χ0v) is 31.7. The van der Waals surface area contributed by atoms with Gasteiger partial charge in [-0.25, -0.2) is 0 Å². The third-order valence-electron chi connectivity index (χ3n) is 12.6. The van der Waals surface area contributed by atoms with Gasteiger partial charge in [-0.3, -0.25) is 0 Å². The van der Waals surface area contributed by atoms with E-state index in [2.05, 4.69) is 194 Å². The summed E-state index contributed by atoms with van der Waals surface area (Å²) in [6, 6.07) is 73.1. The van der Waals surface area contributed by atoms with Crippen molar-refractivity contribution in [3.8, 4) is 44.5 Å². The first kappa shape index (κ1) is 31.2. The van der Waals surface area contributed by atoms with Crippen LogP contribution >= 0.6 is 11.3 Å². The van der Waals surface area contributed by atoms with E-state index in [0.717, 1.165) is 0 Å². The summed E-state index contributed by atoms with van der Waals surface area (Å²) < 4.78 is 2.65. The first-order valence-corrected chi connectivity index (χ1v) is 20.6. The van der Waals surface area contributed by atoms with E-state index >= 15 is 0 Å². The van der Waals surface area contributed by atoms with Crippen LogP contribution in [0.2, 0.25) is 0 Å². The highest BCUT2D eigenvalue weighted by atomic mass is 32.1. The first-order valence-electron chi connectivity index (χ1n) is 19.7. The third-order valence-corrected chi connectivity index (χ3v) is 13.7. The zero-order valence-electron chi connectivity index (χ0n) is 30.9. The van der Waals surface area contributed by atoms with Crippen LogP contribution in [0.4, 0.5) is 0 Å². The molecule has 1 aromatic heterocycles. The van der Waals surface area contributed by atoms with Gasteiger partial charge in [0.1, 0.15) is 0 Å². The van der Waals surface area contributed by atoms with Crippen molar-refractivity contribution >= 4 is 96.1 Å². The summed E-state index contributed by atoms with van der Waals surface area (Å²) in [6.45, 7) is 0. The van der Waals surface area contributed by atoms with Crippen molar-refractivity contribution in [1.29, 1.82) is 0 Å². The average molecular weight is 737 g/mol. The van der Waals surface area contributed by atoms with Gasteiger partial charge in [0.2, 0.25) is 0 Å². The van der Waals surface area contributed by atoms with Crippen molar-refractivity contribution in [3.05, 3.63) is 194 Å². The summed E-state index contributed by atoms with van der Waals surface area (Å²) in [5.74, 6) is 0. The number of fused-ring (bicyclic) bond motifs is 3. The molecule has 0 aliphatic rings. The molecule has 0 radical (unpaired) electrons. The number of hydrogen-bond acceptors (Lipinski definition) is 1. The molecule has 0 nitrogen and oxygen atoms in total. The predicted octanol–water partition coefficient (Wildman–Crippen LogP) is 16.5. The predicted molar refractivity (Wildman–Crippen MR) is 248 cm³/mol. The summed E-state index contributed by atoms with van der Waals surface area (Å²) in [4.78, 5) is 0. The summed E-state index contributed by atoms with van der Waals surface area (Å²) >= 11 is 1.87. The SMILES string of the molecule is c1ccc(-c2ccc3ccc4cccc5ccc2c3c45)c(-c2ccc(-c3ccc4sc5ccccc5c4c3)c(-c3ccc4ccc5cccc6ccc3c4c56)c2)c1. The Hall–Kier alpha value is -7.06. The summed E-state index contributed by atoms with van der Waals surface area (Å²) in [7, 11) is 0. The van der Waals surface area contributed by atoms with Crippen LogP contribution in [0.3, 0.4) is 0 Å². The van der Waals surface area contributed by atoms with Gasteiger partial charge < -0.3 is 0 Å². The minimum absolute atomic E-state index is 1.21. The zero-order chi connectivity index (χ0) is 37.2. The normalized spacial score (nSPS) is 12.2. The molecule has 0 spiro atoms. The fraction of sp³-hybridized carbons (Fsp3) is 0. The maximum Gasteiger partial charge on any atom is 0.0355 e. The molecule has 0 amide bonds. The quantitative estimate of drug-likeness (QED) is 0.158. The summed E-state index contributed by atoms with van der Waals surface area (Å²) in [5.41, 5.74) is 9.93. The Kier molecular flexibility index (Phi) is 6.41. The monoisotopic (exact) mass is 736 g/mol. The third kappa shape index (κ3) is 4.49. The van der Waals surface area contributed by atoms with Crippen molar-refractivity contribution in [2.45, 2.75) is 0 Å². The van der Waals surface area contributed by atoms with Crippen LogP contribution in [0.5, 0.6) is 0 Å². The molecule has 0 atom stereocenters. The maximum absolute atomic E-state index is 2.46. The molecule has 13 aromatic rings. The number of rotatable bonds is 4. The molecular formula is C56H32S. The van der Waals surface area contributed by atoms with Crippen LogP contribution in [0.1, 0.15) is 0 Å². The summed E-state index contributed by atoms with van der Waals surface area (Å²) in [5, 5.41) is 18.3. The van der Waals surface area contributed by atoms with Crippen molar-refractivity contribution in [2.24, 2.45) is 0 Å². The van der Waals surface area contributed by atoms with Gasteiger partial charge in [-0.05, 0) is 133 Å². The molecule has 262 valence electrons. The van der Waals surface area contributed by atoms with E-state index in [1.165, 1.54) is 129 Å². The molecule has 0 saturated carbocycles. The molecule has 0 aliphatic heterocycles. The van der Waals surface area contributed by atoms with Gasteiger partial charge in [-0.2, -0.15) is 0 Å². The standard InChI is InChI=1S/C56H32S/c1-2-12-43(44-26-19-37-17-15-33-7-5-9-35-21-28-47(44)55(37)53(33)35)41(11-1)39-23-25-42(40-24-30-52-50(32-40)46-13-3-4-14-51(46)57-52)49(31-39)45-27-20-38-18-16-34-8-6-10-36-22-29-48(45)56(38)54(34)36/h1-32H. The van der Waals surface area contributed by atoms with Crippen LogP contribution in [0.25, 0.3) is 129 Å². The van der Waals surface area contributed by atoms with Gasteiger partial charge >= 0.3 is 0 Å². The fourth-order valence-corrected chi connectivity index (χ4v) is 11.1. The lowest BCUT2D eigenvalue weighted by molar-refractivity contribution is 1.58. The van der Waals surface area contributed by atoms with Crippen molar-refractivity contribution in [2.75, 3.05) is 0 Å². The Morgan fingerprint density at radius 2 is 0.684 bits per heavy atom. The molecule has 1 heteroatoms. The number of hydrogen-bond donors (Lipinski definition) is 0. The van der Waals surface area contributed by atoms with Crippen LogP contribution in [0.15, 0.2) is 194 Å². The average Bonchev–Trinajstić information content (AvgIpc) is 3.65. The molecule has 1 heterocycles. The Labute approximate surface area is 333 Å². The Morgan fingerprint density at radius 1 is 0.228 bits per heavy atom. The second-order valence-corrected chi connectivity index (χ2v) is 16.6. The fourth-order valence-electron chi connectivity index (χ4n) is 9.99. The lowest BCUT2D eigenvalue weighted by Crippen LogP contribution is -1.93. The second-order valence-electron chi connectivity index (χ2n) is 15.6. The summed E-state index contributed by atoms with van der Waals surface area (Å²) in [6.07, 6.45) is 0. The molecule has 0 saturated heterocycles. The van der Waals surface area contributed by atoms with Crippen LogP contribution in [-0.2, 0) is 0 Å². The Morgan fingerprint density at radius 3 is 1.35 bits per heavy atom. The smallest absolute Gasteiger partial charge is 0.0355 e. The highest BCUT2D eigenvalue weighted by molar-refractivity contribution is 7.25. The minimum Gasteiger partial charge on any atom is -0.135 e. The van der Waals surface area contributed by atoms with E-state index in [9.17, 15) is 0 Å². The molecule has 12 aromatic carbocycles. The minimum atomic E-state index is 1.21. The van der Waals surface area contributed by atoms with E-state index in [4.69, 9.17) is 0 Å². The van der Waals surface area contributed by atoms with E-state index in [0.29, 0.717) is 0 Å². The van der Waals surface area contributed by atoms with Crippen LogP contribution in [-0.4, -0.2) is 0 Å². The Balaban J connectivity index is 1.08. The van der Waals surface area contributed by atoms with E-state index in [1.54, 1.807) is 0 Å². The molecule has 0 unspecified atom stereocenters. The van der Waals surface area contributed by atoms with E-state index < -0.39 is 0 Å². The highest BCUT2D eigenvalue weighted by Crippen LogP contribution is 2.47. The largest absolute Gasteiger partial charge is 0.135 e. The van der Waals surface area contributed by atoms with Gasteiger partial charge in [-0.1, -0.05) is 170 Å². The number of thiophene rings is 1. The van der Waals surface area contributed by atoms with Gasteiger partial charge in [0, 0.05) is 20.2 Å². The van der Waals surface area contributed by atoms with Crippen molar-refractivity contribution in [3.63, 3.8) is 0 Å². The van der Waals surface area contributed by atoms with Gasteiger partial charge in [0.05, 0.1) is 0 Å². The van der Waals surface area contributed by atoms with Crippen LogP contribution < -0.4 is 0 Å². The van der Waals surface area contributed by atoms with Crippen molar-refractivity contribution in [1.82, 2.24) is 0 Å². The van der Waals surface area contributed by atoms with E-state index in [1.807, 2.05) is 11.3 Å². The van der Waals surface area contributed by atoms with Crippen LogP contribution in [0, 0.1) is 0 Å². The van der Waals surface area contributed by atoms with Gasteiger partial charge in [-0.15, -0.1) is 11.3 Å². The molecule has 0 aliphatic carbocycles. The number of benzene rings is 12. The van der Waals surface area contributed by atoms with Crippen molar-refractivity contribution < 1.29 is 0 Å². The highest BCUT2D eigenvalue weighted by Gasteiger charge is 2.19. The van der Waals surface area contributed by atoms with E-state index in [-0.39, 0.29) is 0 Å². The maximum atomic E-state index is 2.46. The topological polar surface area (TPSA) is 0 Å². The lowest BCUT2D eigenvalue weighted by Gasteiger charge is -2.19. The molecule has 0 fully saturated rings. The lowest BCUT2D eigenvalue weighted by atomic mass is 9.84. The second kappa shape index (κ2) is 11.7. The molecule has 0 bridgehead atoms. The molecule has 0 N–H and O–H groups in total. The molecule has 57 heavy (non-hydrogen) atoms.